The van der Waals surface area contributed by atoms with Gasteiger partial charge in [0.2, 0.25) is 0 Å². The number of quaternary nitrogens is 1. The van der Waals surface area contributed by atoms with E-state index in [1.807, 2.05) is 7.05 Å². The highest BCUT2D eigenvalue weighted by atomic mass is 15.3. The van der Waals surface area contributed by atoms with Crippen LogP contribution in [0.1, 0.15) is 25.7 Å². The zero-order chi connectivity index (χ0) is 14.1. The van der Waals surface area contributed by atoms with Crippen LogP contribution in [-0.4, -0.2) is 45.8 Å². The van der Waals surface area contributed by atoms with Gasteiger partial charge in [-0.3, -0.25) is 0 Å². The molecule has 3 nitrogen and oxygen atoms in total. The Hall–Kier alpha value is -1.22. The smallest absolute Gasteiger partial charge is 0.0780 e. The zero-order valence-electron chi connectivity index (χ0n) is 13.0. The maximum atomic E-state index is 3.50. The molecule has 2 N–H and O–H groups in total. The maximum Gasteiger partial charge on any atom is 0.0780 e. The van der Waals surface area contributed by atoms with Crippen molar-refractivity contribution in [3.05, 3.63) is 24.3 Å². The van der Waals surface area contributed by atoms with Crippen molar-refractivity contribution in [3.8, 4) is 0 Å². The van der Waals surface area contributed by atoms with Crippen molar-refractivity contribution in [2.75, 3.05) is 51.9 Å². The van der Waals surface area contributed by atoms with E-state index < -0.39 is 0 Å². The molecule has 0 amide bonds. The molecule has 0 saturated heterocycles. The van der Waals surface area contributed by atoms with E-state index in [0.29, 0.717) is 0 Å². The average Bonchev–Trinajstić information content (AvgIpc) is 2.37. The van der Waals surface area contributed by atoms with Crippen LogP contribution in [0.3, 0.4) is 0 Å². The molecule has 0 unspecified atom stereocenters. The first kappa shape index (κ1) is 15.8. The number of para-hydroxylation sites is 2. The Morgan fingerprint density at radius 3 is 2.16 bits per heavy atom. The normalized spacial score (nSPS) is 11.4. The molecule has 0 fully saturated rings. The molecule has 0 heterocycles. The summed E-state index contributed by atoms with van der Waals surface area (Å²) in [7, 11) is 8.74. The fourth-order valence-corrected chi connectivity index (χ4v) is 2.14. The number of rotatable bonds is 9. The summed E-state index contributed by atoms with van der Waals surface area (Å²) in [6.07, 6.45) is 5.23. The van der Waals surface area contributed by atoms with Crippen LogP contribution in [0, 0.1) is 0 Å². The minimum atomic E-state index is 1.06. The topological polar surface area (TPSA) is 24.1 Å². The standard InChI is InChI=1S/C16H30N3/c1-17-15-11-7-8-12-16(15)18-13-9-5-6-10-14-19(2,3)4/h7-8,11-12,17-18H,5-6,9-10,13-14H2,1-4H3/q+1. The number of hydrogen-bond donors (Lipinski definition) is 2. The monoisotopic (exact) mass is 264 g/mol. The summed E-state index contributed by atoms with van der Waals surface area (Å²) in [6.45, 7) is 2.33. The Balaban J connectivity index is 2.11. The van der Waals surface area contributed by atoms with Gasteiger partial charge in [0.05, 0.1) is 39.1 Å². The number of benzene rings is 1. The van der Waals surface area contributed by atoms with Crippen molar-refractivity contribution >= 4 is 11.4 Å². The molecule has 0 saturated carbocycles. The Morgan fingerprint density at radius 1 is 0.895 bits per heavy atom. The summed E-state index contributed by atoms with van der Waals surface area (Å²) < 4.78 is 1.08. The lowest BCUT2D eigenvalue weighted by Crippen LogP contribution is -2.35. The number of unbranched alkanes of at least 4 members (excludes halogenated alkanes) is 3. The van der Waals surface area contributed by atoms with Gasteiger partial charge in [0, 0.05) is 13.6 Å². The number of nitrogens with zero attached hydrogens (tertiary/aromatic N) is 1. The van der Waals surface area contributed by atoms with E-state index in [2.05, 4.69) is 56.0 Å². The molecule has 1 aromatic rings. The van der Waals surface area contributed by atoms with Crippen LogP contribution in [0.15, 0.2) is 24.3 Å². The van der Waals surface area contributed by atoms with Gasteiger partial charge < -0.3 is 15.1 Å². The summed E-state index contributed by atoms with van der Waals surface area (Å²) in [5.41, 5.74) is 2.38. The van der Waals surface area contributed by atoms with Gasteiger partial charge in [-0.05, 0) is 31.4 Å². The lowest BCUT2D eigenvalue weighted by Gasteiger charge is -2.23. The first-order valence-corrected chi connectivity index (χ1v) is 7.34. The molecule has 0 radical (unpaired) electrons. The largest absolute Gasteiger partial charge is 0.386 e. The Kier molecular flexibility index (Phi) is 6.71. The summed E-state index contributed by atoms with van der Waals surface area (Å²) in [5.74, 6) is 0. The van der Waals surface area contributed by atoms with Crippen LogP contribution in [0.25, 0.3) is 0 Å². The van der Waals surface area contributed by atoms with Crippen molar-refractivity contribution < 1.29 is 4.48 Å². The molecule has 19 heavy (non-hydrogen) atoms. The highest BCUT2D eigenvalue weighted by molar-refractivity contribution is 5.68. The minimum Gasteiger partial charge on any atom is -0.386 e. The summed E-state index contributed by atoms with van der Waals surface area (Å²) in [5, 5.41) is 6.71. The second-order valence-corrected chi connectivity index (χ2v) is 6.15. The molecule has 0 aliphatic rings. The first-order chi connectivity index (χ1) is 9.03. The SMILES string of the molecule is CNc1ccccc1NCCCCCC[N+](C)(C)C. The third-order valence-electron chi connectivity index (χ3n) is 3.27. The van der Waals surface area contributed by atoms with E-state index in [9.17, 15) is 0 Å². The van der Waals surface area contributed by atoms with E-state index >= 15 is 0 Å². The number of anilines is 2. The molecular weight excluding hydrogens is 234 g/mol. The van der Waals surface area contributed by atoms with Crippen molar-refractivity contribution in [2.45, 2.75) is 25.7 Å². The van der Waals surface area contributed by atoms with Crippen molar-refractivity contribution in [1.29, 1.82) is 0 Å². The van der Waals surface area contributed by atoms with Gasteiger partial charge in [-0.25, -0.2) is 0 Å². The van der Waals surface area contributed by atoms with E-state index in [-0.39, 0.29) is 0 Å². The van der Waals surface area contributed by atoms with Crippen molar-refractivity contribution in [1.82, 2.24) is 0 Å². The molecule has 0 atom stereocenters. The first-order valence-electron chi connectivity index (χ1n) is 7.34. The van der Waals surface area contributed by atoms with Gasteiger partial charge in [-0.15, -0.1) is 0 Å². The fraction of sp³-hybridized carbons (Fsp3) is 0.625. The van der Waals surface area contributed by atoms with Gasteiger partial charge >= 0.3 is 0 Å². The second kappa shape index (κ2) is 8.05. The Labute approximate surface area is 118 Å². The van der Waals surface area contributed by atoms with Crippen LogP contribution >= 0.6 is 0 Å². The highest BCUT2D eigenvalue weighted by Crippen LogP contribution is 2.20. The van der Waals surface area contributed by atoms with Crippen LogP contribution in [0.4, 0.5) is 11.4 Å². The molecule has 0 aromatic heterocycles. The van der Waals surface area contributed by atoms with E-state index in [0.717, 1.165) is 11.0 Å². The number of hydrogen-bond acceptors (Lipinski definition) is 2. The van der Waals surface area contributed by atoms with Gasteiger partial charge in [0.1, 0.15) is 0 Å². The van der Waals surface area contributed by atoms with Crippen molar-refractivity contribution in [3.63, 3.8) is 0 Å². The summed E-state index contributed by atoms with van der Waals surface area (Å²) in [6, 6.07) is 8.36. The van der Waals surface area contributed by atoms with E-state index in [1.165, 1.54) is 43.6 Å². The predicted molar refractivity (Wildman–Crippen MR) is 85.8 cm³/mol. The number of nitrogens with one attached hydrogen (secondary N) is 2. The van der Waals surface area contributed by atoms with Crippen LogP contribution in [-0.2, 0) is 0 Å². The predicted octanol–water partition coefficient (Wildman–Crippen LogP) is 3.41. The van der Waals surface area contributed by atoms with E-state index in [1.54, 1.807) is 0 Å². The molecule has 0 aliphatic heterocycles. The van der Waals surface area contributed by atoms with Crippen LogP contribution < -0.4 is 10.6 Å². The molecule has 0 bridgehead atoms. The Morgan fingerprint density at radius 2 is 1.53 bits per heavy atom. The quantitative estimate of drug-likeness (QED) is 0.527. The highest BCUT2D eigenvalue weighted by Gasteiger charge is 2.05. The van der Waals surface area contributed by atoms with Crippen molar-refractivity contribution in [2.24, 2.45) is 0 Å². The molecule has 0 spiro atoms. The lowest BCUT2D eigenvalue weighted by molar-refractivity contribution is -0.870. The molecule has 1 aromatic carbocycles. The maximum absolute atomic E-state index is 3.50. The molecule has 3 heteroatoms. The van der Waals surface area contributed by atoms with Gasteiger partial charge in [0.15, 0.2) is 0 Å². The second-order valence-electron chi connectivity index (χ2n) is 6.15. The summed E-state index contributed by atoms with van der Waals surface area (Å²) >= 11 is 0. The zero-order valence-corrected chi connectivity index (χ0v) is 13.0. The van der Waals surface area contributed by atoms with Crippen LogP contribution in [0.5, 0.6) is 0 Å². The van der Waals surface area contributed by atoms with Gasteiger partial charge in [0.25, 0.3) is 0 Å². The third-order valence-corrected chi connectivity index (χ3v) is 3.27. The Bertz CT molecular complexity index is 355. The fourth-order valence-electron chi connectivity index (χ4n) is 2.14. The molecule has 1 rings (SSSR count). The average molecular weight is 264 g/mol. The molecule has 108 valence electrons. The summed E-state index contributed by atoms with van der Waals surface area (Å²) in [4.78, 5) is 0. The minimum absolute atomic E-state index is 1.06. The molecule has 0 aliphatic carbocycles. The van der Waals surface area contributed by atoms with E-state index in [4.69, 9.17) is 0 Å². The van der Waals surface area contributed by atoms with Gasteiger partial charge in [-0.1, -0.05) is 18.6 Å². The third kappa shape index (κ3) is 7.06. The van der Waals surface area contributed by atoms with Crippen LogP contribution in [0.2, 0.25) is 0 Å². The molecular formula is C16H30N3+. The van der Waals surface area contributed by atoms with Gasteiger partial charge in [-0.2, -0.15) is 0 Å². The lowest BCUT2D eigenvalue weighted by atomic mass is 10.2.